The Balaban J connectivity index is 1.92. The molecule has 2 aliphatic rings. The number of thioether (sulfide) groups is 1. The van der Waals surface area contributed by atoms with Gasteiger partial charge in [-0.05, 0) is 55.6 Å². The van der Waals surface area contributed by atoms with Crippen molar-refractivity contribution < 1.29 is 0 Å². The van der Waals surface area contributed by atoms with E-state index in [0.29, 0.717) is 4.75 Å². The van der Waals surface area contributed by atoms with E-state index >= 15 is 0 Å². The van der Waals surface area contributed by atoms with Crippen molar-refractivity contribution in [2.45, 2.75) is 83.3 Å². The summed E-state index contributed by atoms with van der Waals surface area (Å²) in [6, 6.07) is 0. The lowest BCUT2D eigenvalue weighted by Crippen LogP contribution is -2.31. The molecule has 0 aromatic rings. The summed E-state index contributed by atoms with van der Waals surface area (Å²) >= 11 is 2.04. The molecule has 2 rings (SSSR count). The van der Waals surface area contributed by atoms with Crippen LogP contribution in [-0.2, 0) is 0 Å². The smallest absolute Gasteiger partial charge is 0.0103 e. The molecule has 0 bridgehead atoms. The summed E-state index contributed by atoms with van der Waals surface area (Å²) < 4.78 is 0.472. The highest BCUT2D eigenvalue weighted by atomic mass is 32.2. The van der Waals surface area contributed by atoms with Crippen molar-refractivity contribution in [3.63, 3.8) is 0 Å². The quantitative estimate of drug-likeness (QED) is 0.611. The highest BCUT2D eigenvalue weighted by Gasteiger charge is 2.40. The predicted molar refractivity (Wildman–Crippen MR) is 84.2 cm³/mol. The highest BCUT2D eigenvalue weighted by Crippen LogP contribution is 2.52. The Hall–Kier alpha value is 0.350. The van der Waals surface area contributed by atoms with Gasteiger partial charge < -0.3 is 0 Å². The topological polar surface area (TPSA) is 0 Å². The van der Waals surface area contributed by atoms with E-state index < -0.39 is 0 Å². The first kappa shape index (κ1) is 14.8. The van der Waals surface area contributed by atoms with Gasteiger partial charge in [0.25, 0.3) is 0 Å². The van der Waals surface area contributed by atoms with Crippen molar-refractivity contribution in [3.05, 3.63) is 0 Å². The first-order chi connectivity index (χ1) is 8.46. The lowest BCUT2D eigenvalue weighted by atomic mass is 9.65. The van der Waals surface area contributed by atoms with E-state index in [1.54, 1.807) is 25.7 Å². The maximum Gasteiger partial charge on any atom is 0.0103 e. The Morgan fingerprint density at radius 2 is 1.78 bits per heavy atom. The van der Waals surface area contributed by atoms with Crippen LogP contribution in [0.2, 0.25) is 0 Å². The Morgan fingerprint density at radius 1 is 1.17 bits per heavy atom. The second-order valence-electron chi connectivity index (χ2n) is 7.71. The summed E-state index contributed by atoms with van der Waals surface area (Å²) in [5, 5.41) is 0. The average Bonchev–Trinajstić information content (AvgIpc) is 2.77. The molecule has 2 saturated carbocycles. The van der Waals surface area contributed by atoms with Gasteiger partial charge in [0, 0.05) is 4.75 Å². The number of hydrogen-bond donors (Lipinski definition) is 0. The minimum Gasteiger partial charge on any atom is -0.159 e. The second kappa shape index (κ2) is 5.77. The van der Waals surface area contributed by atoms with Crippen molar-refractivity contribution in [2.24, 2.45) is 17.3 Å². The van der Waals surface area contributed by atoms with Crippen molar-refractivity contribution in [1.29, 1.82) is 0 Å². The second-order valence-corrected chi connectivity index (χ2v) is 9.22. The molecule has 0 aromatic carbocycles. The number of hydrogen-bond acceptors (Lipinski definition) is 1. The molecule has 2 fully saturated rings. The van der Waals surface area contributed by atoms with E-state index in [2.05, 4.69) is 27.0 Å². The van der Waals surface area contributed by atoms with Crippen LogP contribution >= 0.6 is 11.8 Å². The van der Waals surface area contributed by atoms with E-state index in [1.807, 2.05) is 11.8 Å². The van der Waals surface area contributed by atoms with Crippen molar-refractivity contribution in [2.75, 3.05) is 6.26 Å². The van der Waals surface area contributed by atoms with Gasteiger partial charge in [0.15, 0.2) is 0 Å². The van der Waals surface area contributed by atoms with Crippen molar-refractivity contribution in [1.82, 2.24) is 0 Å². The van der Waals surface area contributed by atoms with E-state index in [-0.39, 0.29) is 0 Å². The van der Waals surface area contributed by atoms with Gasteiger partial charge in [-0.3, -0.25) is 0 Å². The third-order valence-electron chi connectivity index (χ3n) is 5.81. The summed E-state index contributed by atoms with van der Waals surface area (Å²) in [6.07, 6.45) is 15.9. The zero-order valence-electron chi connectivity index (χ0n) is 12.9. The molecular weight excluding hydrogens is 236 g/mol. The maximum atomic E-state index is 2.52. The molecule has 0 aromatic heterocycles. The normalized spacial score (nSPS) is 29.7. The Bertz CT molecular complexity index is 263. The zero-order chi connectivity index (χ0) is 13.2. The van der Waals surface area contributed by atoms with Crippen LogP contribution in [0.25, 0.3) is 0 Å². The molecular formula is C17H32S. The highest BCUT2D eigenvalue weighted by molar-refractivity contribution is 7.99. The molecule has 0 radical (unpaired) electrons. The van der Waals surface area contributed by atoms with Crippen LogP contribution < -0.4 is 0 Å². The monoisotopic (exact) mass is 268 g/mol. The molecule has 0 N–H and O–H groups in total. The molecule has 0 heterocycles. The molecule has 0 amide bonds. The largest absolute Gasteiger partial charge is 0.159 e. The fourth-order valence-corrected chi connectivity index (χ4v) is 5.02. The lowest BCUT2D eigenvalue weighted by molar-refractivity contribution is 0.106. The van der Waals surface area contributed by atoms with Crippen molar-refractivity contribution >= 4 is 11.8 Å². The van der Waals surface area contributed by atoms with Gasteiger partial charge in [0.1, 0.15) is 0 Å². The molecule has 0 aliphatic heterocycles. The Labute approximate surface area is 119 Å². The third-order valence-corrected chi connectivity index (χ3v) is 7.08. The zero-order valence-corrected chi connectivity index (χ0v) is 13.7. The lowest BCUT2D eigenvalue weighted by Gasteiger charge is -2.42. The van der Waals surface area contributed by atoms with Gasteiger partial charge in [-0.2, -0.15) is 11.8 Å². The first-order valence-corrected chi connectivity index (χ1v) is 9.24. The van der Waals surface area contributed by atoms with Gasteiger partial charge in [-0.25, -0.2) is 0 Å². The minimum atomic E-state index is 0.472. The molecule has 1 spiro atoms. The average molecular weight is 269 g/mol. The summed E-state index contributed by atoms with van der Waals surface area (Å²) in [5.41, 5.74) is 0.792. The molecule has 2 atom stereocenters. The minimum absolute atomic E-state index is 0.472. The summed E-state index contributed by atoms with van der Waals surface area (Å²) in [6.45, 7) is 7.36. The fourth-order valence-electron chi connectivity index (χ4n) is 4.59. The van der Waals surface area contributed by atoms with E-state index in [4.69, 9.17) is 0 Å². The van der Waals surface area contributed by atoms with Gasteiger partial charge in [-0.1, -0.05) is 46.5 Å². The standard InChI is InChI=1S/C17H32S/c1-14(12-16(2,3)18-4)15-8-7-11-17(13-15)9-5-6-10-17/h14-15H,5-13H2,1-4H3. The molecule has 106 valence electrons. The van der Waals surface area contributed by atoms with Gasteiger partial charge >= 0.3 is 0 Å². The first-order valence-electron chi connectivity index (χ1n) is 8.02. The van der Waals surface area contributed by atoms with Crippen LogP contribution in [0, 0.1) is 17.3 Å². The molecule has 0 saturated heterocycles. The Morgan fingerprint density at radius 3 is 2.39 bits per heavy atom. The predicted octanol–water partition coefficient (Wildman–Crippen LogP) is 5.90. The molecule has 18 heavy (non-hydrogen) atoms. The number of rotatable bonds is 4. The molecule has 1 heteroatoms. The van der Waals surface area contributed by atoms with E-state index in [9.17, 15) is 0 Å². The van der Waals surface area contributed by atoms with Crippen LogP contribution in [-0.4, -0.2) is 11.0 Å². The van der Waals surface area contributed by atoms with E-state index in [1.165, 1.54) is 32.1 Å². The van der Waals surface area contributed by atoms with Crippen LogP contribution in [0.15, 0.2) is 0 Å². The van der Waals surface area contributed by atoms with Crippen LogP contribution in [0.4, 0.5) is 0 Å². The van der Waals surface area contributed by atoms with Crippen LogP contribution in [0.5, 0.6) is 0 Å². The van der Waals surface area contributed by atoms with E-state index in [0.717, 1.165) is 17.3 Å². The molecule has 2 aliphatic carbocycles. The summed E-state index contributed by atoms with van der Waals surface area (Å²) in [5.74, 6) is 1.94. The van der Waals surface area contributed by atoms with Gasteiger partial charge in [0.2, 0.25) is 0 Å². The van der Waals surface area contributed by atoms with Crippen LogP contribution in [0.1, 0.15) is 78.6 Å². The molecule has 2 unspecified atom stereocenters. The molecule has 0 nitrogen and oxygen atoms in total. The summed E-state index contributed by atoms with van der Waals surface area (Å²) in [7, 11) is 0. The maximum absolute atomic E-state index is 2.52. The van der Waals surface area contributed by atoms with Gasteiger partial charge in [0.05, 0.1) is 0 Å². The Kier molecular flexibility index (Phi) is 4.73. The third kappa shape index (κ3) is 3.46. The van der Waals surface area contributed by atoms with Gasteiger partial charge in [-0.15, -0.1) is 0 Å². The fraction of sp³-hybridized carbons (Fsp3) is 1.00. The summed E-state index contributed by atoms with van der Waals surface area (Å²) in [4.78, 5) is 0. The van der Waals surface area contributed by atoms with Crippen molar-refractivity contribution in [3.8, 4) is 0 Å². The SMILES string of the molecule is CSC(C)(C)CC(C)C1CCCC2(CCCC2)C1. The van der Waals surface area contributed by atoms with Crippen LogP contribution in [0.3, 0.4) is 0 Å².